The predicted molar refractivity (Wildman–Crippen MR) is 99.9 cm³/mol. The molecule has 0 spiro atoms. The van der Waals surface area contributed by atoms with E-state index in [4.69, 9.17) is 10.5 Å². The highest BCUT2D eigenvalue weighted by Crippen LogP contribution is 2.20. The van der Waals surface area contributed by atoms with Crippen molar-refractivity contribution in [3.63, 3.8) is 0 Å². The van der Waals surface area contributed by atoms with Crippen molar-refractivity contribution in [1.82, 2.24) is 4.90 Å². The molecule has 2 N–H and O–H groups in total. The lowest BCUT2D eigenvalue weighted by Crippen LogP contribution is -2.51. The number of hydrogen-bond acceptors (Lipinski definition) is 5. The van der Waals surface area contributed by atoms with Gasteiger partial charge in [0.2, 0.25) is 5.91 Å². The molecule has 1 aromatic carbocycles. The maximum Gasteiger partial charge on any atom is 0.226 e. The molecular weight excluding hydrogens is 364 g/mol. The number of sulfone groups is 1. The highest BCUT2D eigenvalue weighted by molar-refractivity contribution is 7.90. The molecule has 1 aromatic rings. The molecule has 0 radical (unpaired) electrons. The third-order valence-electron chi connectivity index (χ3n) is 4.31. The van der Waals surface area contributed by atoms with E-state index in [0.29, 0.717) is 5.75 Å². The molecule has 1 aliphatic rings. The van der Waals surface area contributed by atoms with Crippen molar-refractivity contribution in [3.05, 3.63) is 24.3 Å². The van der Waals surface area contributed by atoms with Crippen LogP contribution in [0, 0.1) is 0 Å². The van der Waals surface area contributed by atoms with Gasteiger partial charge in [-0.25, -0.2) is 8.42 Å². The number of ether oxygens (including phenoxy) is 1. The first-order valence-electron chi connectivity index (χ1n) is 8.27. The van der Waals surface area contributed by atoms with Crippen LogP contribution in [-0.2, 0) is 14.6 Å². The molecule has 8 heteroatoms. The second kappa shape index (κ2) is 9.40. The van der Waals surface area contributed by atoms with Crippen molar-refractivity contribution < 1.29 is 17.9 Å². The lowest BCUT2D eigenvalue weighted by atomic mass is 9.96. The van der Waals surface area contributed by atoms with Crippen LogP contribution in [-0.4, -0.2) is 50.7 Å². The van der Waals surface area contributed by atoms with Crippen LogP contribution in [0.25, 0.3) is 0 Å². The highest BCUT2D eigenvalue weighted by Gasteiger charge is 2.28. The summed E-state index contributed by atoms with van der Waals surface area (Å²) in [6.45, 7) is 2.96. The number of likely N-dealkylation sites (tertiary alicyclic amines) is 1. The number of rotatable bonds is 6. The van der Waals surface area contributed by atoms with Crippen molar-refractivity contribution in [2.24, 2.45) is 5.73 Å². The molecule has 0 saturated carbocycles. The molecule has 2 rings (SSSR count). The van der Waals surface area contributed by atoms with Crippen LogP contribution in [0.15, 0.2) is 29.2 Å². The molecule has 0 aliphatic carbocycles. The predicted octanol–water partition coefficient (Wildman–Crippen LogP) is 2.01. The molecule has 1 aliphatic heterocycles. The topological polar surface area (TPSA) is 89.7 Å². The number of nitrogens with two attached hydrogens (primary N) is 1. The SMILES string of the molecule is CC(N)C1CCCCN1C(=O)CCOc1ccc(S(C)(=O)=O)cc1.Cl. The Morgan fingerprint density at radius 3 is 2.52 bits per heavy atom. The fourth-order valence-corrected chi connectivity index (χ4v) is 3.63. The summed E-state index contributed by atoms with van der Waals surface area (Å²) in [5.74, 6) is 0.613. The minimum absolute atomic E-state index is 0. The van der Waals surface area contributed by atoms with E-state index in [9.17, 15) is 13.2 Å². The standard InChI is InChI=1S/C17H26N2O4S.ClH/c1-13(18)16-5-3-4-11-19(16)17(20)10-12-23-14-6-8-15(9-7-14)24(2,21)22;/h6-9,13,16H,3-5,10-12,18H2,1-2H3;1H. The number of hydrogen-bond donors (Lipinski definition) is 1. The number of piperidine rings is 1. The van der Waals surface area contributed by atoms with Gasteiger partial charge in [0.05, 0.1) is 17.9 Å². The Bertz CT molecular complexity index is 662. The van der Waals surface area contributed by atoms with Crippen LogP contribution >= 0.6 is 12.4 Å². The van der Waals surface area contributed by atoms with Gasteiger partial charge in [0.25, 0.3) is 0 Å². The Balaban J connectivity index is 0.00000312. The van der Waals surface area contributed by atoms with E-state index in [2.05, 4.69) is 0 Å². The molecule has 6 nitrogen and oxygen atoms in total. The summed E-state index contributed by atoms with van der Waals surface area (Å²) in [6.07, 6.45) is 4.53. The Kier molecular flexibility index (Phi) is 8.18. The van der Waals surface area contributed by atoms with E-state index in [0.717, 1.165) is 32.1 Å². The molecular formula is C17H27ClN2O4S. The number of nitrogens with zero attached hydrogens (tertiary/aromatic N) is 1. The van der Waals surface area contributed by atoms with E-state index >= 15 is 0 Å². The van der Waals surface area contributed by atoms with E-state index in [1.54, 1.807) is 12.1 Å². The third kappa shape index (κ3) is 6.17. The number of carbonyl (C=O) groups is 1. The van der Waals surface area contributed by atoms with Gasteiger partial charge in [-0.1, -0.05) is 0 Å². The maximum absolute atomic E-state index is 12.4. The molecule has 1 amide bonds. The van der Waals surface area contributed by atoms with Gasteiger partial charge in [-0.3, -0.25) is 4.79 Å². The third-order valence-corrected chi connectivity index (χ3v) is 5.44. The Morgan fingerprint density at radius 2 is 1.96 bits per heavy atom. The molecule has 0 aromatic heterocycles. The van der Waals surface area contributed by atoms with Crippen molar-refractivity contribution in [1.29, 1.82) is 0 Å². The van der Waals surface area contributed by atoms with Crippen LogP contribution in [0.1, 0.15) is 32.6 Å². The average molecular weight is 391 g/mol. The van der Waals surface area contributed by atoms with Crippen LogP contribution in [0.5, 0.6) is 5.75 Å². The zero-order valence-corrected chi connectivity index (χ0v) is 16.3. The van der Waals surface area contributed by atoms with Gasteiger partial charge in [0, 0.05) is 24.9 Å². The summed E-state index contributed by atoms with van der Waals surface area (Å²) >= 11 is 0. The summed E-state index contributed by atoms with van der Waals surface area (Å²) < 4.78 is 28.4. The van der Waals surface area contributed by atoms with Gasteiger partial charge >= 0.3 is 0 Å². The second-order valence-electron chi connectivity index (χ2n) is 6.35. The Hall–Kier alpha value is -1.31. The van der Waals surface area contributed by atoms with Crippen molar-refractivity contribution in [2.75, 3.05) is 19.4 Å². The lowest BCUT2D eigenvalue weighted by Gasteiger charge is -2.38. The van der Waals surface area contributed by atoms with E-state index < -0.39 is 9.84 Å². The van der Waals surface area contributed by atoms with E-state index in [1.165, 1.54) is 12.1 Å². The van der Waals surface area contributed by atoms with Gasteiger partial charge in [0.15, 0.2) is 9.84 Å². The largest absolute Gasteiger partial charge is 0.493 e. The zero-order valence-electron chi connectivity index (χ0n) is 14.7. The first-order valence-corrected chi connectivity index (χ1v) is 10.2. The Morgan fingerprint density at radius 1 is 1.32 bits per heavy atom. The van der Waals surface area contributed by atoms with E-state index in [-0.39, 0.29) is 48.3 Å². The van der Waals surface area contributed by atoms with Gasteiger partial charge in [-0.15, -0.1) is 12.4 Å². The summed E-state index contributed by atoms with van der Waals surface area (Å²) in [5, 5.41) is 0. The summed E-state index contributed by atoms with van der Waals surface area (Å²) in [6, 6.07) is 6.30. The smallest absolute Gasteiger partial charge is 0.226 e. The summed E-state index contributed by atoms with van der Waals surface area (Å²) in [4.78, 5) is 14.5. The minimum Gasteiger partial charge on any atom is -0.493 e. The molecule has 1 saturated heterocycles. The number of carbonyl (C=O) groups excluding carboxylic acids is 1. The van der Waals surface area contributed by atoms with Gasteiger partial charge < -0.3 is 15.4 Å². The van der Waals surface area contributed by atoms with Crippen molar-refractivity contribution in [3.8, 4) is 5.75 Å². The molecule has 1 fully saturated rings. The van der Waals surface area contributed by atoms with Crippen LogP contribution < -0.4 is 10.5 Å². The molecule has 142 valence electrons. The monoisotopic (exact) mass is 390 g/mol. The molecule has 1 heterocycles. The van der Waals surface area contributed by atoms with Gasteiger partial charge in [0.1, 0.15) is 5.75 Å². The summed E-state index contributed by atoms with van der Waals surface area (Å²) in [5.41, 5.74) is 5.99. The molecule has 2 atom stereocenters. The lowest BCUT2D eigenvalue weighted by molar-refractivity contribution is -0.135. The van der Waals surface area contributed by atoms with Gasteiger partial charge in [-0.2, -0.15) is 0 Å². The van der Waals surface area contributed by atoms with E-state index in [1.807, 2.05) is 11.8 Å². The quantitative estimate of drug-likeness (QED) is 0.802. The first-order chi connectivity index (χ1) is 11.3. The summed E-state index contributed by atoms with van der Waals surface area (Å²) in [7, 11) is -3.21. The fraction of sp³-hybridized carbons (Fsp3) is 0.588. The average Bonchev–Trinajstić information content (AvgIpc) is 2.54. The zero-order chi connectivity index (χ0) is 17.7. The van der Waals surface area contributed by atoms with Crippen LogP contribution in [0.4, 0.5) is 0 Å². The number of halogens is 1. The normalized spacial score (nSPS) is 19.0. The molecule has 25 heavy (non-hydrogen) atoms. The second-order valence-corrected chi connectivity index (χ2v) is 8.37. The van der Waals surface area contributed by atoms with Crippen molar-refractivity contribution >= 4 is 28.2 Å². The Labute approximate surface area is 156 Å². The fourth-order valence-electron chi connectivity index (χ4n) is 3.00. The van der Waals surface area contributed by atoms with Crippen molar-refractivity contribution in [2.45, 2.75) is 49.6 Å². The first kappa shape index (κ1) is 21.7. The highest BCUT2D eigenvalue weighted by atomic mass is 35.5. The minimum atomic E-state index is -3.21. The van der Waals surface area contributed by atoms with Gasteiger partial charge in [-0.05, 0) is 50.5 Å². The molecule has 0 bridgehead atoms. The molecule has 2 unspecified atom stereocenters. The number of benzene rings is 1. The van der Waals surface area contributed by atoms with Crippen LogP contribution in [0.2, 0.25) is 0 Å². The maximum atomic E-state index is 12.4. The van der Waals surface area contributed by atoms with Crippen LogP contribution in [0.3, 0.4) is 0 Å². The number of amides is 1.